The van der Waals surface area contributed by atoms with E-state index in [1.165, 1.54) is 0 Å². The van der Waals surface area contributed by atoms with Crippen LogP contribution in [0.15, 0.2) is 0 Å². The summed E-state index contributed by atoms with van der Waals surface area (Å²) < 4.78 is 15.8. The second-order valence-corrected chi connectivity index (χ2v) is 2.09. The van der Waals surface area contributed by atoms with Crippen LogP contribution in [0.25, 0.3) is 0 Å². The fourth-order valence-corrected chi connectivity index (χ4v) is 0.292. The second-order valence-electron chi connectivity index (χ2n) is 2.09. The number of rotatable bonds is 4. The van der Waals surface area contributed by atoms with E-state index in [-0.39, 0.29) is 5.92 Å². The summed E-state index contributed by atoms with van der Waals surface area (Å²) >= 11 is 0. The van der Waals surface area contributed by atoms with E-state index in [0.29, 0.717) is 0 Å². The first-order chi connectivity index (χ1) is 4.18. The molecule has 2 nitrogen and oxygen atoms in total. The van der Waals surface area contributed by atoms with Gasteiger partial charge in [0.2, 0.25) is 0 Å². The fourth-order valence-electron chi connectivity index (χ4n) is 0.292. The lowest BCUT2D eigenvalue weighted by Gasteiger charge is -2.12. The van der Waals surface area contributed by atoms with E-state index in [1.54, 1.807) is 13.8 Å². The van der Waals surface area contributed by atoms with Crippen LogP contribution in [0, 0.1) is 12.5 Å². The summed E-state index contributed by atoms with van der Waals surface area (Å²) in [5.41, 5.74) is 0. The van der Waals surface area contributed by atoms with Gasteiger partial charge < -0.3 is 9.84 Å². The molecule has 1 N–H and O–H groups in total. The predicted molar refractivity (Wildman–Crippen MR) is 32.2 cm³/mol. The first kappa shape index (κ1) is 8.85. The number of alkyl halides is 1. The normalized spacial score (nSPS) is 14.3. The maximum atomic E-state index is 11.3. The largest absolute Gasteiger partial charge is 0.368 e. The zero-order valence-corrected chi connectivity index (χ0v) is 5.67. The number of ether oxygens (including phenoxy) is 1. The minimum Gasteiger partial charge on any atom is -0.368 e. The van der Waals surface area contributed by atoms with Crippen LogP contribution < -0.4 is 0 Å². The Morgan fingerprint density at radius 2 is 2.22 bits per heavy atom. The minimum atomic E-state index is -0.874. The first-order valence-electron chi connectivity index (χ1n) is 2.89. The summed E-state index contributed by atoms with van der Waals surface area (Å²) in [7, 11) is 0. The van der Waals surface area contributed by atoms with Crippen molar-refractivity contribution in [2.75, 3.05) is 6.67 Å². The third kappa shape index (κ3) is 4.36. The Morgan fingerprint density at radius 3 is 2.56 bits per heavy atom. The van der Waals surface area contributed by atoms with Crippen LogP contribution in [0.1, 0.15) is 13.8 Å². The van der Waals surface area contributed by atoms with Crippen molar-refractivity contribution in [1.82, 2.24) is 0 Å². The molecule has 0 heterocycles. The van der Waals surface area contributed by atoms with Gasteiger partial charge in [0.05, 0.1) is 0 Å². The maximum absolute atomic E-state index is 11.3. The van der Waals surface area contributed by atoms with Crippen molar-refractivity contribution in [1.29, 1.82) is 0 Å². The number of hydrogen-bond acceptors (Lipinski definition) is 2. The number of aliphatic hydroxyl groups excluding tert-OH is 1. The quantitative estimate of drug-likeness (QED) is 0.585. The highest BCUT2D eigenvalue weighted by atomic mass is 19.1. The standard InChI is InChI=1S/C6H12FO2/c1-5(2)6(8)9-4-3-7/h4-6,8H,3H2,1-2H3. The Bertz CT molecular complexity index is 66.1. The van der Waals surface area contributed by atoms with Crippen LogP contribution in [0.4, 0.5) is 4.39 Å². The van der Waals surface area contributed by atoms with Gasteiger partial charge in [0, 0.05) is 5.92 Å². The van der Waals surface area contributed by atoms with Gasteiger partial charge in [-0.25, -0.2) is 4.39 Å². The monoisotopic (exact) mass is 135 g/mol. The first-order valence-corrected chi connectivity index (χ1v) is 2.89. The molecule has 0 amide bonds. The van der Waals surface area contributed by atoms with Gasteiger partial charge in [0.1, 0.15) is 13.3 Å². The van der Waals surface area contributed by atoms with E-state index in [4.69, 9.17) is 5.11 Å². The molecule has 1 radical (unpaired) electrons. The summed E-state index contributed by atoms with van der Waals surface area (Å²) in [6.45, 7) is 3.86. The molecular formula is C6H12FO2. The summed E-state index contributed by atoms with van der Waals surface area (Å²) in [6.07, 6.45) is -0.874. The Labute approximate surface area is 54.6 Å². The van der Waals surface area contributed by atoms with Crippen molar-refractivity contribution in [3.05, 3.63) is 6.61 Å². The number of hydrogen-bond donors (Lipinski definition) is 1. The van der Waals surface area contributed by atoms with Gasteiger partial charge in [-0.1, -0.05) is 13.8 Å². The Balaban J connectivity index is 3.16. The van der Waals surface area contributed by atoms with Gasteiger partial charge in [-0.2, -0.15) is 0 Å². The van der Waals surface area contributed by atoms with Crippen LogP contribution in [-0.4, -0.2) is 18.1 Å². The summed E-state index contributed by atoms with van der Waals surface area (Å²) in [5, 5.41) is 8.84. The molecule has 0 saturated heterocycles. The zero-order chi connectivity index (χ0) is 7.28. The number of aliphatic hydroxyl groups is 1. The molecule has 0 aromatic heterocycles. The fraction of sp³-hybridized carbons (Fsp3) is 0.833. The molecule has 9 heavy (non-hydrogen) atoms. The molecule has 3 heteroatoms. The van der Waals surface area contributed by atoms with Crippen LogP contribution in [0.2, 0.25) is 0 Å². The molecular weight excluding hydrogens is 123 g/mol. The van der Waals surface area contributed by atoms with Crippen LogP contribution in [-0.2, 0) is 4.74 Å². The molecule has 1 unspecified atom stereocenters. The average Bonchev–Trinajstić information content (AvgIpc) is 1.82. The highest BCUT2D eigenvalue weighted by Crippen LogP contribution is 2.03. The van der Waals surface area contributed by atoms with Gasteiger partial charge in [0.15, 0.2) is 6.29 Å². The van der Waals surface area contributed by atoms with E-state index < -0.39 is 13.0 Å². The van der Waals surface area contributed by atoms with E-state index in [9.17, 15) is 4.39 Å². The van der Waals surface area contributed by atoms with Crippen molar-refractivity contribution in [2.45, 2.75) is 20.1 Å². The SMILES string of the molecule is CC(C)C(O)O[CH]CF. The highest BCUT2D eigenvalue weighted by molar-refractivity contribution is 4.52. The molecule has 0 fully saturated rings. The van der Waals surface area contributed by atoms with Crippen molar-refractivity contribution in [3.8, 4) is 0 Å². The Hall–Kier alpha value is -0.150. The molecule has 0 aliphatic carbocycles. The van der Waals surface area contributed by atoms with Gasteiger partial charge >= 0.3 is 0 Å². The van der Waals surface area contributed by atoms with E-state index in [0.717, 1.165) is 6.61 Å². The average molecular weight is 135 g/mol. The molecule has 0 aliphatic rings. The van der Waals surface area contributed by atoms with Gasteiger partial charge in [-0.3, -0.25) is 0 Å². The molecule has 0 aromatic carbocycles. The third-order valence-electron chi connectivity index (χ3n) is 0.869. The smallest absolute Gasteiger partial charge is 0.157 e. The second kappa shape index (κ2) is 4.70. The zero-order valence-electron chi connectivity index (χ0n) is 5.67. The summed E-state index contributed by atoms with van der Waals surface area (Å²) in [4.78, 5) is 0. The molecule has 0 bridgehead atoms. The van der Waals surface area contributed by atoms with E-state index >= 15 is 0 Å². The van der Waals surface area contributed by atoms with Gasteiger partial charge in [-0.15, -0.1) is 0 Å². The minimum absolute atomic E-state index is 0.00722. The highest BCUT2D eigenvalue weighted by Gasteiger charge is 2.07. The Kier molecular flexibility index (Phi) is 4.62. The topological polar surface area (TPSA) is 29.5 Å². The lowest BCUT2D eigenvalue weighted by Crippen LogP contribution is -2.17. The molecule has 1 atom stereocenters. The molecule has 55 valence electrons. The number of halogens is 1. The van der Waals surface area contributed by atoms with Crippen molar-refractivity contribution >= 4 is 0 Å². The molecule has 0 rings (SSSR count). The maximum Gasteiger partial charge on any atom is 0.157 e. The van der Waals surface area contributed by atoms with E-state index in [1.807, 2.05) is 0 Å². The summed E-state index contributed by atoms with van der Waals surface area (Å²) in [6, 6.07) is 0. The lowest BCUT2D eigenvalue weighted by molar-refractivity contribution is -0.103. The summed E-state index contributed by atoms with van der Waals surface area (Å²) in [5.74, 6) is 0.00722. The van der Waals surface area contributed by atoms with Crippen LogP contribution in [0.5, 0.6) is 0 Å². The van der Waals surface area contributed by atoms with E-state index in [2.05, 4.69) is 4.74 Å². The van der Waals surface area contributed by atoms with Crippen LogP contribution >= 0.6 is 0 Å². The van der Waals surface area contributed by atoms with Gasteiger partial charge in [0.25, 0.3) is 0 Å². The third-order valence-corrected chi connectivity index (χ3v) is 0.869. The lowest BCUT2D eigenvalue weighted by atomic mass is 10.2. The molecule has 0 saturated carbocycles. The molecule has 0 aromatic rings. The predicted octanol–water partition coefficient (Wildman–Crippen LogP) is 1.11. The van der Waals surface area contributed by atoms with Crippen molar-refractivity contribution < 1.29 is 14.2 Å². The van der Waals surface area contributed by atoms with Gasteiger partial charge in [-0.05, 0) is 0 Å². The van der Waals surface area contributed by atoms with Crippen molar-refractivity contribution in [2.24, 2.45) is 5.92 Å². The molecule has 0 aliphatic heterocycles. The molecule has 0 spiro atoms. The van der Waals surface area contributed by atoms with Crippen molar-refractivity contribution in [3.63, 3.8) is 0 Å². The Morgan fingerprint density at radius 1 is 1.67 bits per heavy atom. The van der Waals surface area contributed by atoms with Crippen LogP contribution in [0.3, 0.4) is 0 Å².